The molecule has 0 aromatic carbocycles. The summed E-state index contributed by atoms with van der Waals surface area (Å²) >= 11 is 0. The number of carbonyl (C=O) groups is 1. The Morgan fingerprint density at radius 3 is 2.81 bits per heavy atom. The zero-order valence-electron chi connectivity index (χ0n) is 11.7. The van der Waals surface area contributed by atoms with Gasteiger partial charge in [-0.25, -0.2) is 4.79 Å². The summed E-state index contributed by atoms with van der Waals surface area (Å²) in [7, 11) is 0. The summed E-state index contributed by atoms with van der Waals surface area (Å²) in [6.07, 6.45) is -1.40. The van der Waals surface area contributed by atoms with Crippen molar-refractivity contribution in [1.29, 1.82) is 0 Å². The van der Waals surface area contributed by atoms with Crippen LogP contribution >= 0.6 is 0 Å². The van der Waals surface area contributed by atoms with Gasteiger partial charge in [0.2, 0.25) is 6.10 Å². The lowest BCUT2D eigenvalue weighted by Crippen LogP contribution is -2.55. The molecule has 1 unspecified atom stereocenters. The van der Waals surface area contributed by atoms with E-state index in [4.69, 9.17) is 13.9 Å². The molecule has 0 aliphatic carbocycles. The van der Waals surface area contributed by atoms with Crippen molar-refractivity contribution in [2.45, 2.75) is 38.2 Å². The predicted molar refractivity (Wildman–Crippen MR) is 68.9 cm³/mol. The molecule has 5 atom stereocenters. The molecular weight excluding hydrogens is 282 g/mol. The fourth-order valence-electron chi connectivity index (χ4n) is 2.60. The Morgan fingerprint density at radius 2 is 2.29 bits per heavy atom. The molecule has 2 rings (SSSR count). The molecular formula is C13H17NO7. The zero-order valence-corrected chi connectivity index (χ0v) is 11.7. The SMILES string of the molecule is CCOC(=O)[C@H]1OC(O)[C@H](C)[C@@H](c2ccco2)[C@H]1[N+](=O)[O-]. The minimum absolute atomic E-state index is 0.0696. The molecule has 8 heteroatoms. The van der Waals surface area contributed by atoms with Gasteiger partial charge in [0, 0.05) is 10.8 Å². The van der Waals surface area contributed by atoms with Crippen LogP contribution in [0.3, 0.4) is 0 Å². The van der Waals surface area contributed by atoms with Gasteiger partial charge in [0.25, 0.3) is 6.04 Å². The zero-order chi connectivity index (χ0) is 15.6. The lowest BCUT2D eigenvalue weighted by atomic mass is 9.80. The van der Waals surface area contributed by atoms with Crippen LogP contribution in [0.5, 0.6) is 0 Å². The maximum Gasteiger partial charge on any atom is 0.342 e. The Kier molecular flexibility index (Phi) is 4.59. The number of aliphatic hydroxyl groups excluding tert-OH is 1. The Labute approximate surface area is 120 Å². The van der Waals surface area contributed by atoms with Gasteiger partial charge in [-0.1, -0.05) is 6.92 Å². The van der Waals surface area contributed by atoms with Crippen molar-refractivity contribution in [2.75, 3.05) is 6.61 Å². The third-order valence-electron chi connectivity index (χ3n) is 3.61. The Hall–Kier alpha value is -1.93. The molecule has 1 aromatic heterocycles. The Bertz CT molecular complexity index is 501. The quantitative estimate of drug-likeness (QED) is 0.500. The number of rotatable bonds is 4. The van der Waals surface area contributed by atoms with E-state index in [1.165, 1.54) is 6.26 Å². The van der Waals surface area contributed by atoms with Gasteiger partial charge in [-0.2, -0.15) is 0 Å². The highest BCUT2D eigenvalue weighted by molar-refractivity contribution is 5.75. The predicted octanol–water partition coefficient (Wildman–Crippen LogP) is 0.925. The number of hydrogen-bond acceptors (Lipinski definition) is 7. The summed E-state index contributed by atoms with van der Waals surface area (Å²) in [5.74, 6) is -1.91. The van der Waals surface area contributed by atoms with E-state index in [0.29, 0.717) is 5.76 Å². The highest BCUT2D eigenvalue weighted by Crippen LogP contribution is 2.39. The van der Waals surface area contributed by atoms with Crippen molar-refractivity contribution < 1.29 is 28.7 Å². The van der Waals surface area contributed by atoms with Crippen LogP contribution in [-0.2, 0) is 14.3 Å². The number of esters is 1. The van der Waals surface area contributed by atoms with Crippen molar-refractivity contribution >= 4 is 5.97 Å². The Morgan fingerprint density at radius 1 is 1.57 bits per heavy atom. The summed E-state index contributed by atoms with van der Waals surface area (Å²) in [5.41, 5.74) is 0. The lowest BCUT2D eigenvalue weighted by Gasteiger charge is -2.37. The summed E-state index contributed by atoms with van der Waals surface area (Å²) < 4.78 is 15.2. The molecule has 0 spiro atoms. The molecule has 0 radical (unpaired) electrons. The fraction of sp³-hybridized carbons (Fsp3) is 0.615. The number of furan rings is 1. The molecule has 1 aliphatic heterocycles. The van der Waals surface area contributed by atoms with Gasteiger partial charge in [-0.3, -0.25) is 10.1 Å². The van der Waals surface area contributed by atoms with E-state index in [9.17, 15) is 20.0 Å². The van der Waals surface area contributed by atoms with Gasteiger partial charge in [0.1, 0.15) is 5.76 Å². The first-order valence-electron chi connectivity index (χ1n) is 6.64. The molecule has 1 N–H and O–H groups in total. The molecule has 0 saturated carbocycles. The molecule has 8 nitrogen and oxygen atoms in total. The van der Waals surface area contributed by atoms with Crippen LogP contribution in [0.15, 0.2) is 22.8 Å². The standard InChI is InChI=1S/C13H17NO7/c1-3-19-13(16)11-10(14(17)18)9(7(2)12(15)21-11)8-5-4-6-20-8/h4-7,9-12,15H,3H2,1-2H3/t7-,9+,10-,11+,12?/m1/s1. The van der Waals surface area contributed by atoms with E-state index < -0.39 is 41.2 Å². The number of aliphatic hydroxyl groups is 1. The second-order valence-corrected chi connectivity index (χ2v) is 4.88. The smallest absolute Gasteiger partial charge is 0.342 e. The number of carbonyl (C=O) groups excluding carboxylic acids is 1. The van der Waals surface area contributed by atoms with Crippen molar-refractivity contribution in [2.24, 2.45) is 5.92 Å². The van der Waals surface area contributed by atoms with Crippen molar-refractivity contribution in [3.05, 3.63) is 34.3 Å². The number of hydrogen-bond donors (Lipinski definition) is 1. The average Bonchev–Trinajstić information content (AvgIpc) is 2.94. The highest BCUT2D eigenvalue weighted by atomic mass is 16.7. The van der Waals surface area contributed by atoms with E-state index in [-0.39, 0.29) is 6.61 Å². The van der Waals surface area contributed by atoms with Crippen LogP contribution in [0.2, 0.25) is 0 Å². The minimum Gasteiger partial charge on any atom is -0.469 e. The summed E-state index contributed by atoms with van der Waals surface area (Å²) in [6.45, 7) is 3.26. The summed E-state index contributed by atoms with van der Waals surface area (Å²) in [5, 5.41) is 21.4. The maximum atomic E-state index is 11.9. The first-order chi connectivity index (χ1) is 9.97. The van der Waals surface area contributed by atoms with Crippen molar-refractivity contribution in [1.82, 2.24) is 0 Å². The molecule has 116 valence electrons. The number of nitrogens with zero attached hydrogens (tertiary/aromatic N) is 1. The summed E-state index contributed by atoms with van der Waals surface area (Å²) in [6, 6.07) is 1.80. The molecule has 1 fully saturated rings. The van der Waals surface area contributed by atoms with E-state index in [1.54, 1.807) is 26.0 Å². The van der Waals surface area contributed by atoms with Gasteiger partial charge < -0.3 is 19.0 Å². The van der Waals surface area contributed by atoms with Crippen LogP contribution in [0, 0.1) is 16.0 Å². The van der Waals surface area contributed by atoms with Gasteiger partial charge in [0.05, 0.1) is 18.8 Å². The monoisotopic (exact) mass is 299 g/mol. The molecule has 1 aliphatic rings. The van der Waals surface area contributed by atoms with Gasteiger partial charge in [0.15, 0.2) is 6.29 Å². The normalized spacial score (nSPS) is 32.6. The molecule has 1 saturated heterocycles. The minimum atomic E-state index is -1.47. The van der Waals surface area contributed by atoms with Crippen LogP contribution in [0.25, 0.3) is 0 Å². The fourth-order valence-corrected chi connectivity index (χ4v) is 2.60. The van der Waals surface area contributed by atoms with E-state index in [1.807, 2.05) is 0 Å². The van der Waals surface area contributed by atoms with Crippen LogP contribution in [0.4, 0.5) is 0 Å². The third-order valence-corrected chi connectivity index (χ3v) is 3.61. The first-order valence-corrected chi connectivity index (χ1v) is 6.64. The van der Waals surface area contributed by atoms with Crippen LogP contribution in [0.1, 0.15) is 25.5 Å². The van der Waals surface area contributed by atoms with Crippen LogP contribution in [-0.4, -0.2) is 41.0 Å². The first kappa shape index (κ1) is 15.5. The Balaban J connectivity index is 2.39. The molecule has 1 aromatic rings. The topological polar surface area (TPSA) is 112 Å². The van der Waals surface area contributed by atoms with Crippen molar-refractivity contribution in [3.8, 4) is 0 Å². The van der Waals surface area contributed by atoms with Gasteiger partial charge in [-0.15, -0.1) is 0 Å². The average molecular weight is 299 g/mol. The van der Waals surface area contributed by atoms with E-state index >= 15 is 0 Å². The molecule has 2 heterocycles. The van der Waals surface area contributed by atoms with Gasteiger partial charge in [-0.05, 0) is 19.1 Å². The second kappa shape index (κ2) is 6.23. The van der Waals surface area contributed by atoms with E-state index in [0.717, 1.165) is 0 Å². The van der Waals surface area contributed by atoms with Crippen LogP contribution < -0.4 is 0 Å². The van der Waals surface area contributed by atoms with Gasteiger partial charge >= 0.3 is 5.97 Å². The number of nitro groups is 1. The summed E-state index contributed by atoms with van der Waals surface area (Å²) in [4.78, 5) is 22.7. The maximum absolute atomic E-state index is 11.9. The highest BCUT2D eigenvalue weighted by Gasteiger charge is 2.55. The third kappa shape index (κ3) is 2.91. The second-order valence-electron chi connectivity index (χ2n) is 4.88. The largest absolute Gasteiger partial charge is 0.469 e. The molecule has 0 bridgehead atoms. The molecule has 21 heavy (non-hydrogen) atoms. The van der Waals surface area contributed by atoms with E-state index in [2.05, 4.69) is 0 Å². The molecule has 0 amide bonds. The van der Waals surface area contributed by atoms with Crippen molar-refractivity contribution in [3.63, 3.8) is 0 Å². The number of ether oxygens (including phenoxy) is 2. The lowest BCUT2D eigenvalue weighted by molar-refractivity contribution is -0.549.